The molecule has 1 aromatic heterocycles. The molecule has 0 fully saturated rings. The molecule has 0 saturated carbocycles. The smallest absolute Gasteiger partial charge is 0.275 e. The molecule has 2 aliphatic heterocycles. The molecule has 2 aromatic rings. The Kier molecular flexibility index (Phi) is 4.57. The Bertz CT molecular complexity index is 939. The van der Waals surface area contributed by atoms with Gasteiger partial charge in [0.05, 0.1) is 11.4 Å². The van der Waals surface area contributed by atoms with Crippen molar-refractivity contribution in [1.82, 2.24) is 5.32 Å². The molecular formula is C16H15BrClN3O2S2. The van der Waals surface area contributed by atoms with E-state index in [2.05, 4.69) is 32.2 Å². The summed E-state index contributed by atoms with van der Waals surface area (Å²) in [6.07, 6.45) is 2.99. The molecule has 1 N–H and O–H groups in total. The second-order valence-electron chi connectivity index (χ2n) is 5.75. The number of sulfonamides is 1. The third-order valence-electron chi connectivity index (χ3n) is 4.26. The van der Waals surface area contributed by atoms with Gasteiger partial charge in [0.1, 0.15) is 15.2 Å². The van der Waals surface area contributed by atoms with Crippen LogP contribution in [0.25, 0.3) is 0 Å². The van der Waals surface area contributed by atoms with E-state index < -0.39 is 10.0 Å². The average molecular weight is 461 g/mol. The normalized spacial score (nSPS) is 17.6. The minimum absolute atomic E-state index is 0.236. The van der Waals surface area contributed by atoms with E-state index in [1.54, 1.807) is 6.07 Å². The molecule has 0 spiro atoms. The SMILES string of the molecule is O=S(=O)(c1cc(Br)c(Cl)s1)N1CN(C2=CCNCC2)c2ccccc21. The Balaban J connectivity index is 1.77. The first-order chi connectivity index (χ1) is 12.0. The van der Waals surface area contributed by atoms with Crippen molar-refractivity contribution in [2.24, 2.45) is 0 Å². The predicted molar refractivity (Wildman–Crippen MR) is 106 cm³/mol. The monoisotopic (exact) mass is 459 g/mol. The number of fused-ring (bicyclic) bond motifs is 1. The summed E-state index contributed by atoms with van der Waals surface area (Å²) < 4.78 is 29.1. The molecule has 4 rings (SSSR count). The first-order valence-corrected chi connectivity index (χ1v) is 11.1. The number of hydrogen-bond donors (Lipinski definition) is 1. The van der Waals surface area contributed by atoms with E-state index in [1.807, 2.05) is 24.3 Å². The lowest BCUT2D eigenvalue weighted by Gasteiger charge is -2.26. The number of para-hydroxylation sites is 2. The molecule has 9 heteroatoms. The molecule has 5 nitrogen and oxygen atoms in total. The third kappa shape index (κ3) is 3.00. The molecule has 0 amide bonds. The zero-order valence-corrected chi connectivity index (χ0v) is 17.1. The number of thiophene rings is 1. The van der Waals surface area contributed by atoms with Crippen LogP contribution in [0.2, 0.25) is 4.34 Å². The standard InChI is InChI=1S/C16H15BrClN3O2S2/c17-12-9-15(24-16(12)18)25(22,23)21-10-20(11-5-7-19-8-6-11)13-3-1-2-4-14(13)21/h1-5,9,19H,6-8,10H2. The molecule has 0 radical (unpaired) electrons. The zero-order chi connectivity index (χ0) is 17.6. The van der Waals surface area contributed by atoms with Gasteiger partial charge in [-0.05, 0) is 40.5 Å². The summed E-state index contributed by atoms with van der Waals surface area (Å²) in [6.45, 7) is 1.97. The average Bonchev–Trinajstić information content (AvgIpc) is 3.17. The Morgan fingerprint density at radius 1 is 1.24 bits per heavy atom. The van der Waals surface area contributed by atoms with Gasteiger partial charge in [-0.15, -0.1) is 11.3 Å². The lowest BCUT2D eigenvalue weighted by Crippen LogP contribution is -2.36. The predicted octanol–water partition coefficient (Wildman–Crippen LogP) is 4.01. The highest BCUT2D eigenvalue weighted by Gasteiger charge is 2.37. The fraction of sp³-hybridized carbons (Fsp3) is 0.250. The van der Waals surface area contributed by atoms with Crippen LogP contribution < -0.4 is 14.5 Å². The molecular weight excluding hydrogens is 446 g/mol. The summed E-state index contributed by atoms with van der Waals surface area (Å²) in [5.74, 6) is 0. The second-order valence-corrected chi connectivity index (χ2v) is 10.3. The Labute approximate surface area is 164 Å². The lowest BCUT2D eigenvalue weighted by molar-refractivity contribution is 0.593. The van der Waals surface area contributed by atoms with Gasteiger partial charge >= 0.3 is 0 Å². The van der Waals surface area contributed by atoms with Crippen LogP contribution in [0.15, 0.2) is 50.8 Å². The number of nitrogens with zero attached hydrogens (tertiary/aromatic N) is 2. The molecule has 0 aliphatic carbocycles. The highest BCUT2D eigenvalue weighted by molar-refractivity contribution is 9.10. The van der Waals surface area contributed by atoms with Gasteiger partial charge < -0.3 is 10.2 Å². The van der Waals surface area contributed by atoms with Gasteiger partial charge in [-0.25, -0.2) is 12.7 Å². The Morgan fingerprint density at radius 3 is 2.64 bits per heavy atom. The molecule has 0 bridgehead atoms. The fourth-order valence-corrected chi connectivity index (χ4v) is 6.89. The number of hydrogen-bond acceptors (Lipinski definition) is 5. The number of anilines is 2. The van der Waals surface area contributed by atoms with E-state index in [0.29, 0.717) is 14.5 Å². The molecule has 25 heavy (non-hydrogen) atoms. The maximum Gasteiger partial charge on any atom is 0.275 e. The highest BCUT2D eigenvalue weighted by Crippen LogP contribution is 2.44. The Hall–Kier alpha value is -1.06. The van der Waals surface area contributed by atoms with Gasteiger partial charge in [-0.3, -0.25) is 0 Å². The minimum Gasteiger partial charge on any atom is -0.324 e. The lowest BCUT2D eigenvalue weighted by atomic mass is 10.2. The number of nitrogens with one attached hydrogen (secondary N) is 1. The molecule has 0 unspecified atom stereocenters. The van der Waals surface area contributed by atoms with E-state index >= 15 is 0 Å². The molecule has 3 heterocycles. The van der Waals surface area contributed by atoms with E-state index in [-0.39, 0.29) is 10.9 Å². The van der Waals surface area contributed by atoms with E-state index in [0.717, 1.165) is 42.2 Å². The summed E-state index contributed by atoms with van der Waals surface area (Å²) in [4.78, 5) is 2.08. The summed E-state index contributed by atoms with van der Waals surface area (Å²) in [5, 5.41) is 3.29. The van der Waals surface area contributed by atoms with Crippen LogP contribution in [0.3, 0.4) is 0 Å². The molecule has 132 valence electrons. The summed E-state index contributed by atoms with van der Waals surface area (Å²) in [5.41, 5.74) is 2.76. The van der Waals surface area contributed by atoms with Crippen LogP contribution in [0.5, 0.6) is 0 Å². The zero-order valence-electron chi connectivity index (χ0n) is 13.1. The van der Waals surface area contributed by atoms with Gasteiger partial charge in [0, 0.05) is 23.3 Å². The topological polar surface area (TPSA) is 52.7 Å². The number of halogens is 2. The van der Waals surface area contributed by atoms with Crippen LogP contribution in [0.1, 0.15) is 6.42 Å². The van der Waals surface area contributed by atoms with Crippen molar-refractivity contribution < 1.29 is 8.42 Å². The van der Waals surface area contributed by atoms with Crippen molar-refractivity contribution in [1.29, 1.82) is 0 Å². The van der Waals surface area contributed by atoms with Gasteiger partial charge in [0.2, 0.25) is 0 Å². The maximum absolute atomic E-state index is 13.2. The van der Waals surface area contributed by atoms with Gasteiger partial charge in [0.15, 0.2) is 0 Å². The minimum atomic E-state index is -3.67. The largest absolute Gasteiger partial charge is 0.324 e. The first kappa shape index (κ1) is 17.4. The van der Waals surface area contributed by atoms with Crippen molar-refractivity contribution in [3.63, 3.8) is 0 Å². The maximum atomic E-state index is 13.2. The van der Waals surface area contributed by atoms with Gasteiger partial charge in [0.25, 0.3) is 10.0 Å². The molecule has 0 saturated heterocycles. The van der Waals surface area contributed by atoms with Crippen molar-refractivity contribution >= 4 is 60.3 Å². The Morgan fingerprint density at radius 2 is 2.00 bits per heavy atom. The third-order valence-corrected chi connectivity index (χ3v) is 8.93. The quantitative estimate of drug-likeness (QED) is 0.752. The van der Waals surface area contributed by atoms with Crippen molar-refractivity contribution in [3.05, 3.63) is 50.9 Å². The summed E-state index contributed by atoms with van der Waals surface area (Å²) >= 11 is 10.4. The first-order valence-electron chi connectivity index (χ1n) is 7.72. The summed E-state index contributed by atoms with van der Waals surface area (Å²) in [7, 11) is -3.67. The van der Waals surface area contributed by atoms with Crippen LogP contribution in [0.4, 0.5) is 11.4 Å². The number of benzene rings is 1. The van der Waals surface area contributed by atoms with Crippen LogP contribution in [0, 0.1) is 0 Å². The van der Waals surface area contributed by atoms with Crippen molar-refractivity contribution in [2.45, 2.75) is 10.6 Å². The van der Waals surface area contributed by atoms with E-state index in [1.165, 1.54) is 4.31 Å². The van der Waals surface area contributed by atoms with Crippen LogP contribution >= 0.6 is 38.9 Å². The summed E-state index contributed by atoms with van der Waals surface area (Å²) in [6, 6.07) is 9.17. The highest BCUT2D eigenvalue weighted by atomic mass is 79.9. The van der Waals surface area contributed by atoms with Crippen molar-refractivity contribution in [3.8, 4) is 0 Å². The second kappa shape index (κ2) is 6.59. The molecule has 0 atom stereocenters. The molecule has 2 aliphatic rings. The van der Waals surface area contributed by atoms with E-state index in [9.17, 15) is 8.42 Å². The van der Waals surface area contributed by atoms with Gasteiger partial charge in [-0.1, -0.05) is 29.8 Å². The van der Waals surface area contributed by atoms with Crippen molar-refractivity contribution in [2.75, 3.05) is 29.0 Å². The van der Waals surface area contributed by atoms with Crippen LogP contribution in [-0.4, -0.2) is 28.2 Å². The van der Waals surface area contributed by atoms with E-state index in [4.69, 9.17) is 11.6 Å². The molecule has 1 aromatic carbocycles. The van der Waals surface area contributed by atoms with Crippen LogP contribution in [-0.2, 0) is 10.0 Å². The number of rotatable bonds is 3. The fourth-order valence-electron chi connectivity index (χ4n) is 3.05. The van der Waals surface area contributed by atoms with Gasteiger partial charge in [-0.2, -0.15) is 0 Å².